The van der Waals surface area contributed by atoms with Crippen LogP contribution >= 0.6 is 11.3 Å². The van der Waals surface area contributed by atoms with Gasteiger partial charge in [-0.2, -0.15) is 13.2 Å². The first kappa shape index (κ1) is 19.4. The summed E-state index contributed by atoms with van der Waals surface area (Å²) in [5, 5.41) is 0.413. The minimum atomic E-state index is -4.42. The molecule has 2 aromatic carbocycles. The van der Waals surface area contributed by atoms with E-state index in [0.717, 1.165) is 42.7 Å². The fourth-order valence-electron chi connectivity index (χ4n) is 4.65. The smallest absolute Gasteiger partial charge is 0.416 e. The Morgan fingerprint density at radius 3 is 2.47 bits per heavy atom. The molecule has 0 saturated heterocycles. The first-order chi connectivity index (χ1) is 14.2. The molecule has 0 bridgehead atoms. The lowest BCUT2D eigenvalue weighted by molar-refractivity contribution is -0.137. The monoisotopic (exact) mass is 430 g/mol. The maximum atomic E-state index is 13.3. The van der Waals surface area contributed by atoms with E-state index in [2.05, 4.69) is 36.2 Å². The minimum Gasteiger partial charge on any atom is -0.481 e. The molecule has 1 saturated carbocycles. The van der Waals surface area contributed by atoms with E-state index in [0.29, 0.717) is 22.3 Å². The Bertz CT molecular complexity index is 1100. The number of nitrogen functional groups attached to an aromatic ring is 1. The number of hydrogen-bond donors (Lipinski definition) is 1. The topological polar surface area (TPSA) is 48.1 Å². The summed E-state index contributed by atoms with van der Waals surface area (Å²) in [5.74, 6) is 0.660. The van der Waals surface area contributed by atoms with Gasteiger partial charge in [0, 0.05) is 5.56 Å². The summed E-state index contributed by atoms with van der Waals surface area (Å²) in [4.78, 5) is 5.40. The molecule has 1 spiro atoms. The van der Waals surface area contributed by atoms with E-state index in [9.17, 15) is 13.2 Å². The number of fused-ring (bicyclic) bond motifs is 4. The van der Waals surface area contributed by atoms with Crippen molar-refractivity contribution in [3.05, 3.63) is 64.0 Å². The number of hydrogen-bond acceptors (Lipinski definition) is 4. The summed E-state index contributed by atoms with van der Waals surface area (Å²) < 4.78 is 46.2. The Morgan fingerprint density at radius 1 is 1.10 bits per heavy atom. The Balaban J connectivity index is 1.50. The van der Waals surface area contributed by atoms with Crippen molar-refractivity contribution in [3.8, 4) is 17.0 Å². The van der Waals surface area contributed by atoms with E-state index in [-0.39, 0.29) is 5.75 Å². The molecule has 1 aromatic heterocycles. The van der Waals surface area contributed by atoms with Gasteiger partial charge in [-0.1, -0.05) is 41.2 Å². The van der Waals surface area contributed by atoms with E-state index < -0.39 is 17.3 Å². The predicted octanol–water partition coefficient (Wildman–Crippen LogP) is 6.67. The molecule has 30 heavy (non-hydrogen) atoms. The largest absolute Gasteiger partial charge is 0.481 e. The zero-order chi connectivity index (χ0) is 21.1. The highest BCUT2D eigenvalue weighted by molar-refractivity contribution is 7.16. The molecule has 1 aliphatic heterocycles. The van der Waals surface area contributed by atoms with E-state index >= 15 is 0 Å². The van der Waals surface area contributed by atoms with Crippen molar-refractivity contribution in [1.82, 2.24) is 4.98 Å². The summed E-state index contributed by atoms with van der Waals surface area (Å²) in [6.07, 6.45) is -1.19. The van der Waals surface area contributed by atoms with Crippen LogP contribution in [0.5, 0.6) is 5.75 Å². The second-order valence-electron chi connectivity index (χ2n) is 8.22. The molecule has 2 heterocycles. The first-order valence-electron chi connectivity index (χ1n) is 9.99. The summed E-state index contributed by atoms with van der Waals surface area (Å²) in [7, 11) is 0. The van der Waals surface area contributed by atoms with Crippen molar-refractivity contribution < 1.29 is 17.9 Å². The molecule has 0 unspecified atom stereocenters. The number of anilines is 1. The van der Waals surface area contributed by atoms with E-state index in [1.54, 1.807) is 0 Å². The van der Waals surface area contributed by atoms with Crippen LogP contribution in [0.1, 0.15) is 53.2 Å². The first-order valence-corrected chi connectivity index (χ1v) is 10.8. The predicted molar refractivity (Wildman–Crippen MR) is 112 cm³/mol. The lowest BCUT2D eigenvalue weighted by Gasteiger charge is -2.43. The van der Waals surface area contributed by atoms with Crippen LogP contribution in [0.3, 0.4) is 0 Å². The van der Waals surface area contributed by atoms with Gasteiger partial charge in [0.2, 0.25) is 0 Å². The molecular formula is C23H21F3N2OS. The van der Waals surface area contributed by atoms with Gasteiger partial charge in [-0.25, -0.2) is 4.98 Å². The zero-order valence-electron chi connectivity index (χ0n) is 16.4. The quantitative estimate of drug-likeness (QED) is 0.469. The molecular weight excluding hydrogens is 409 g/mol. The summed E-state index contributed by atoms with van der Waals surface area (Å²) in [6, 6.07) is 12.2. The number of halogens is 3. The highest BCUT2D eigenvalue weighted by Crippen LogP contribution is 2.55. The number of aryl methyl sites for hydroxylation is 1. The molecule has 0 atom stereocenters. The van der Waals surface area contributed by atoms with Gasteiger partial charge in [-0.3, -0.25) is 0 Å². The molecule has 156 valence electrons. The van der Waals surface area contributed by atoms with Crippen LogP contribution in [0.25, 0.3) is 11.3 Å². The fourth-order valence-corrected chi connectivity index (χ4v) is 5.68. The van der Waals surface area contributed by atoms with E-state index in [4.69, 9.17) is 10.5 Å². The Morgan fingerprint density at radius 2 is 1.80 bits per heavy atom. The minimum absolute atomic E-state index is 0.247. The normalized spacial score (nSPS) is 23.0. The second kappa shape index (κ2) is 6.74. The van der Waals surface area contributed by atoms with Crippen LogP contribution in [-0.4, -0.2) is 4.98 Å². The highest BCUT2D eigenvalue weighted by Gasteiger charge is 2.47. The maximum Gasteiger partial charge on any atom is 0.416 e. The molecule has 7 heteroatoms. The molecule has 0 amide bonds. The molecule has 3 aromatic rings. The third-order valence-electron chi connectivity index (χ3n) is 6.27. The average molecular weight is 430 g/mol. The highest BCUT2D eigenvalue weighted by atomic mass is 32.1. The summed E-state index contributed by atoms with van der Waals surface area (Å²) >= 11 is 1.39. The molecule has 3 nitrogen and oxygen atoms in total. The Hall–Kier alpha value is -2.54. The zero-order valence-corrected chi connectivity index (χ0v) is 17.2. The fraction of sp³-hybridized carbons (Fsp3) is 0.348. The van der Waals surface area contributed by atoms with Crippen molar-refractivity contribution >= 4 is 16.5 Å². The van der Waals surface area contributed by atoms with Gasteiger partial charge in [-0.15, -0.1) is 0 Å². The lowest BCUT2D eigenvalue weighted by atomic mass is 9.74. The number of benzene rings is 2. The van der Waals surface area contributed by atoms with Crippen molar-refractivity contribution in [2.24, 2.45) is 0 Å². The van der Waals surface area contributed by atoms with Crippen molar-refractivity contribution in [2.75, 3.05) is 5.73 Å². The number of nitrogens with two attached hydrogens (primary N) is 1. The van der Waals surface area contributed by atoms with Crippen LogP contribution in [0.4, 0.5) is 18.3 Å². The van der Waals surface area contributed by atoms with Gasteiger partial charge in [0.15, 0.2) is 5.13 Å². The van der Waals surface area contributed by atoms with Gasteiger partial charge in [0.05, 0.1) is 16.1 Å². The number of aromatic nitrogens is 1. The number of ether oxygens (including phenoxy) is 1. The van der Waals surface area contributed by atoms with Gasteiger partial charge >= 0.3 is 6.18 Å². The van der Waals surface area contributed by atoms with E-state index in [1.165, 1.54) is 28.5 Å². The van der Waals surface area contributed by atoms with Crippen LogP contribution in [0.2, 0.25) is 0 Å². The van der Waals surface area contributed by atoms with Crippen molar-refractivity contribution in [2.45, 2.75) is 50.3 Å². The van der Waals surface area contributed by atoms with E-state index in [1.807, 2.05) is 0 Å². The van der Waals surface area contributed by atoms with Crippen LogP contribution < -0.4 is 10.5 Å². The summed E-state index contributed by atoms with van der Waals surface area (Å²) in [6.45, 7) is 2.07. The second-order valence-corrected chi connectivity index (χ2v) is 9.25. The lowest BCUT2D eigenvalue weighted by Crippen LogP contribution is -2.38. The van der Waals surface area contributed by atoms with Crippen LogP contribution in [0, 0.1) is 6.92 Å². The van der Waals surface area contributed by atoms with Crippen molar-refractivity contribution in [1.29, 1.82) is 0 Å². The molecule has 0 radical (unpaired) electrons. The molecule has 1 fully saturated rings. The average Bonchev–Trinajstić information content (AvgIpc) is 3.11. The molecule has 1 aliphatic carbocycles. The Kier molecular flexibility index (Phi) is 4.36. The van der Waals surface area contributed by atoms with Gasteiger partial charge < -0.3 is 10.5 Å². The van der Waals surface area contributed by atoms with Crippen molar-refractivity contribution in [3.63, 3.8) is 0 Å². The van der Waals surface area contributed by atoms with Crippen LogP contribution in [-0.2, 0) is 11.8 Å². The maximum absolute atomic E-state index is 13.3. The molecule has 2 aliphatic rings. The molecule has 5 rings (SSSR count). The number of nitrogens with zero attached hydrogens (tertiary/aromatic N) is 1. The number of alkyl halides is 3. The third kappa shape index (κ3) is 3.16. The number of thiazole rings is 1. The standard InChI is InChI=1S/C23H21F3N2OS/c1-13-2-4-14(5-3-13)15-8-10-22(11-9-15)20-19(28-21(27)30-20)17-7-6-16(23(24,25)26)12-18(17)29-22/h2-7,12,15H,8-11H2,1H3,(H2,27,28). The van der Waals surface area contributed by atoms with Gasteiger partial charge in [-0.05, 0) is 62.3 Å². The van der Waals surface area contributed by atoms with Gasteiger partial charge in [0.25, 0.3) is 0 Å². The molecule has 2 N–H and O–H groups in total. The van der Waals surface area contributed by atoms with Crippen LogP contribution in [0.15, 0.2) is 42.5 Å². The number of rotatable bonds is 1. The SMILES string of the molecule is Cc1ccc(C2CCC3(CC2)Oc2cc(C(F)(F)F)ccc2-c2nc(N)sc23)cc1. The Labute approximate surface area is 176 Å². The summed E-state index contributed by atoms with van der Waals surface area (Å²) in [5.41, 5.74) is 8.41. The van der Waals surface area contributed by atoms with Gasteiger partial charge in [0.1, 0.15) is 11.4 Å². The third-order valence-corrected chi connectivity index (χ3v) is 7.34.